The molecule has 1 aliphatic carbocycles. The maximum Gasteiger partial charge on any atom is 0.302 e. The van der Waals surface area contributed by atoms with Crippen molar-refractivity contribution in [2.75, 3.05) is 13.2 Å². The maximum atomic E-state index is 14.2. The van der Waals surface area contributed by atoms with Gasteiger partial charge in [0.25, 0.3) is 0 Å². The van der Waals surface area contributed by atoms with Crippen LogP contribution in [0.15, 0.2) is 83.8 Å². The Balaban J connectivity index is 1.65. The average Bonchev–Trinajstić information content (AvgIpc) is 3.45. The number of carbonyl (C=O) groups excluding carboxylic acids is 1. The van der Waals surface area contributed by atoms with Gasteiger partial charge in [0.15, 0.2) is 0 Å². The first-order chi connectivity index (χ1) is 17.9. The van der Waals surface area contributed by atoms with Gasteiger partial charge >= 0.3 is 5.97 Å². The summed E-state index contributed by atoms with van der Waals surface area (Å²) in [5, 5.41) is 0. The smallest absolute Gasteiger partial charge is 0.302 e. The summed E-state index contributed by atoms with van der Waals surface area (Å²) >= 11 is 0. The molecule has 1 heterocycles. The summed E-state index contributed by atoms with van der Waals surface area (Å²) in [5.41, 5.74) is 5.80. The molecule has 37 heavy (non-hydrogen) atoms. The van der Waals surface area contributed by atoms with E-state index in [0.717, 1.165) is 59.9 Å². The fourth-order valence-electron chi connectivity index (χ4n) is 6.00. The lowest BCUT2D eigenvalue weighted by Crippen LogP contribution is -2.44. The van der Waals surface area contributed by atoms with Crippen LogP contribution in [0.2, 0.25) is 0 Å². The van der Waals surface area contributed by atoms with Gasteiger partial charge in [-0.25, -0.2) is 8.42 Å². The van der Waals surface area contributed by atoms with Crippen molar-refractivity contribution in [3.05, 3.63) is 101 Å². The highest BCUT2D eigenvalue weighted by atomic mass is 32.2. The number of fused-ring (bicyclic) bond motifs is 2. The van der Waals surface area contributed by atoms with Crippen molar-refractivity contribution in [1.82, 2.24) is 4.31 Å². The van der Waals surface area contributed by atoms with E-state index in [-0.39, 0.29) is 5.97 Å². The average molecular weight is 516 g/mol. The normalized spacial score (nSPS) is 19.4. The van der Waals surface area contributed by atoms with Crippen LogP contribution in [-0.4, -0.2) is 31.8 Å². The number of unbranched alkanes of at least 4 members (excludes halogenated alkanes) is 1. The van der Waals surface area contributed by atoms with Gasteiger partial charge in [0.05, 0.1) is 17.0 Å². The van der Waals surface area contributed by atoms with E-state index in [4.69, 9.17) is 4.74 Å². The summed E-state index contributed by atoms with van der Waals surface area (Å²) in [6, 6.07) is 25.7. The molecule has 0 N–H and O–H groups in total. The molecule has 6 heteroatoms. The van der Waals surface area contributed by atoms with Crippen LogP contribution in [-0.2, 0) is 25.1 Å². The van der Waals surface area contributed by atoms with Crippen molar-refractivity contribution >= 4 is 27.1 Å². The fraction of sp³-hybridized carbons (Fsp3) is 0.323. The van der Waals surface area contributed by atoms with E-state index in [1.165, 1.54) is 12.5 Å². The molecule has 0 unspecified atom stereocenters. The van der Waals surface area contributed by atoms with Crippen LogP contribution in [0.4, 0.5) is 0 Å². The van der Waals surface area contributed by atoms with E-state index >= 15 is 0 Å². The van der Waals surface area contributed by atoms with Crippen molar-refractivity contribution in [3.63, 3.8) is 0 Å². The van der Waals surface area contributed by atoms with Gasteiger partial charge in [0.1, 0.15) is 0 Å². The molecule has 3 aromatic rings. The number of aryl methyl sites for hydroxylation is 1. The molecule has 0 aromatic heterocycles. The Hall–Kier alpha value is -3.22. The van der Waals surface area contributed by atoms with Crippen molar-refractivity contribution < 1.29 is 17.9 Å². The summed E-state index contributed by atoms with van der Waals surface area (Å²) in [4.78, 5) is 11.5. The number of rotatable bonds is 8. The quantitative estimate of drug-likeness (QED) is 0.260. The second-order valence-electron chi connectivity index (χ2n) is 9.92. The number of hydrogen-bond donors (Lipinski definition) is 0. The van der Waals surface area contributed by atoms with Crippen molar-refractivity contribution in [2.45, 2.75) is 56.4 Å². The Morgan fingerprint density at radius 1 is 0.946 bits per heavy atom. The lowest BCUT2D eigenvalue weighted by Gasteiger charge is -2.38. The van der Waals surface area contributed by atoms with E-state index in [0.29, 0.717) is 18.0 Å². The van der Waals surface area contributed by atoms with Gasteiger partial charge < -0.3 is 4.74 Å². The van der Waals surface area contributed by atoms with Crippen LogP contribution < -0.4 is 0 Å². The highest BCUT2D eigenvalue weighted by molar-refractivity contribution is 7.89. The monoisotopic (exact) mass is 515 g/mol. The predicted octanol–water partition coefficient (Wildman–Crippen LogP) is 6.33. The molecule has 1 fully saturated rings. The molecule has 0 radical (unpaired) electrons. The minimum Gasteiger partial charge on any atom is -0.466 e. The number of esters is 1. The standard InChI is InChI=1S/C31H33NO4S/c1-23-16-18-26(19-17-23)37(34,35)32-21-10-20-31(32)29-15-7-6-13-27(29)28(14-8-9-22-36-24(2)33)30(31)25-11-4-3-5-12-25/h3-7,11-13,15-19H,8-10,14,20-22H2,1-2H3/t31-/m1/s1. The highest BCUT2D eigenvalue weighted by Gasteiger charge is 2.55. The number of carbonyl (C=O) groups is 1. The van der Waals surface area contributed by atoms with Crippen LogP contribution in [0.25, 0.3) is 11.1 Å². The Labute approximate surface area is 219 Å². The van der Waals surface area contributed by atoms with Gasteiger partial charge in [0, 0.05) is 13.5 Å². The van der Waals surface area contributed by atoms with Gasteiger partial charge in [-0.2, -0.15) is 4.31 Å². The van der Waals surface area contributed by atoms with E-state index < -0.39 is 15.6 Å². The highest BCUT2D eigenvalue weighted by Crippen LogP contribution is 2.59. The van der Waals surface area contributed by atoms with Crippen LogP contribution in [0.5, 0.6) is 0 Å². The SMILES string of the molecule is CC(=O)OCCCCC1=C(c2ccccc2)[C@@]2(CCCN2S(=O)(=O)c2ccc(C)cc2)c2ccccc21. The third-order valence-corrected chi connectivity index (χ3v) is 9.48. The molecule has 5 nitrogen and oxygen atoms in total. The van der Waals surface area contributed by atoms with Crippen LogP contribution >= 0.6 is 0 Å². The third-order valence-electron chi connectivity index (χ3n) is 7.54. The minimum atomic E-state index is -3.75. The number of allylic oxidation sites excluding steroid dienone is 1. The Morgan fingerprint density at radius 2 is 1.65 bits per heavy atom. The first kappa shape index (κ1) is 25.4. The topological polar surface area (TPSA) is 63.7 Å². The lowest BCUT2D eigenvalue weighted by molar-refractivity contribution is -0.141. The predicted molar refractivity (Wildman–Crippen MR) is 146 cm³/mol. The van der Waals surface area contributed by atoms with Gasteiger partial charge in [-0.05, 0) is 79.0 Å². The van der Waals surface area contributed by atoms with Crippen molar-refractivity contribution in [3.8, 4) is 0 Å². The molecule has 1 aliphatic heterocycles. The molecule has 1 atom stereocenters. The Morgan fingerprint density at radius 3 is 2.38 bits per heavy atom. The molecule has 0 bridgehead atoms. The zero-order chi connectivity index (χ0) is 26.0. The number of hydrogen-bond acceptors (Lipinski definition) is 4. The molecule has 192 valence electrons. The molecule has 1 saturated heterocycles. The van der Waals surface area contributed by atoms with Crippen LogP contribution in [0.3, 0.4) is 0 Å². The second kappa shape index (κ2) is 10.3. The largest absolute Gasteiger partial charge is 0.466 e. The second-order valence-corrected chi connectivity index (χ2v) is 11.8. The fourth-order valence-corrected chi connectivity index (χ4v) is 7.79. The first-order valence-electron chi connectivity index (χ1n) is 13.0. The molecule has 0 amide bonds. The number of benzene rings is 3. The molecular weight excluding hydrogens is 482 g/mol. The van der Waals surface area contributed by atoms with Crippen molar-refractivity contribution in [2.24, 2.45) is 0 Å². The summed E-state index contributed by atoms with van der Waals surface area (Å²) in [7, 11) is -3.75. The molecule has 1 spiro atoms. The summed E-state index contributed by atoms with van der Waals surface area (Å²) in [6.07, 6.45) is 3.90. The molecular formula is C31H33NO4S. The zero-order valence-corrected chi connectivity index (χ0v) is 22.3. The van der Waals surface area contributed by atoms with Crippen molar-refractivity contribution in [1.29, 1.82) is 0 Å². The van der Waals surface area contributed by atoms with Crippen LogP contribution in [0.1, 0.15) is 61.3 Å². The number of ether oxygens (including phenoxy) is 1. The number of sulfonamides is 1. The Kier molecular flexibility index (Phi) is 7.06. The van der Waals surface area contributed by atoms with Crippen LogP contribution in [0, 0.1) is 6.92 Å². The molecule has 3 aromatic carbocycles. The van der Waals surface area contributed by atoms with E-state index in [1.54, 1.807) is 16.4 Å². The van der Waals surface area contributed by atoms with Gasteiger partial charge in [-0.3, -0.25) is 4.79 Å². The van der Waals surface area contributed by atoms with Gasteiger partial charge in [0.2, 0.25) is 10.0 Å². The summed E-state index contributed by atoms with van der Waals surface area (Å²) < 4.78 is 35.4. The van der Waals surface area contributed by atoms with Gasteiger partial charge in [-0.15, -0.1) is 0 Å². The molecule has 2 aliphatic rings. The van der Waals surface area contributed by atoms with E-state index in [1.807, 2.05) is 49.4 Å². The summed E-state index contributed by atoms with van der Waals surface area (Å²) in [6.45, 7) is 4.26. The molecule has 5 rings (SSSR count). The summed E-state index contributed by atoms with van der Waals surface area (Å²) in [5.74, 6) is -0.266. The van der Waals surface area contributed by atoms with E-state index in [9.17, 15) is 13.2 Å². The third kappa shape index (κ3) is 4.53. The molecule has 0 saturated carbocycles. The number of nitrogens with zero attached hydrogens (tertiary/aromatic N) is 1. The first-order valence-corrected chi connectivity index (χ1v) is 14.4. The Bertz CT molecular complexity index is 1430. The minimum absolute atomic E-state index is 0.266. The lowest BCUT2D eigenvalue weighted by atomic mass is 9.81. The van der Waals surface area contributed by atoms with E-state index in [2.05, 4.69) is 24.3 Å². The van der Waals surface area contributed by atoms with Gasteiger partial charge in [-0.1, -0.05) is 72.3 Å². The zero-order valence-electron chi connectivity index (χ0n) is 21.4. The maximum absolute atomic E-state index is 14.2.